The molecule has 1 amide bonds. The van der Waals surface area contributed by atoms with E-state index in [0.717, 1.165) is 16.8 Å². The summed E-state index contributed by atoms with van der Waals surface area (Å²) in [6, 6.07) is 3.70. The van der Waals surface area contributed by atoms with E-state index in [1.807, 2.05) is 6.92 Å². The molecule has 0 saturated carbocycles. The molecule has 1 fully saturated rings. The molecule has 140 valence electrons. The third-order valence-electron chi connectivity index (χ3n) is 4.71. The Kier molecular flexibility index (Phi) is 5.33. The fraction of sp³-hybridized carbons (Fsp3) is 0.444. The summed E-state index contributed by atoms with van der Waals surface area (Å²) in [5.74, 6) is -1.73. The molecule has 0 bridgehead atoms. The highest BCUT2D eigenvalue weighted by Gasteiger charge is 2.29. The van der Waals surface area contributed by atoms with Crippen LogP contribution in [0, 0.1) is 18.6 Å². The zero-order valence-electron chi connectivity index (χ0n) is 14.8. The first-order valence-corrected chi connectivity index (χ1v) is 8.57. The maximum atomic E-state index is 14.0. The third kappa shape index (κ3) is 3.47. The summed E-state index contributed by atoms with van der Waals surface area (Å²) in [6.07, 6.45) is 1.46. The largest absolute Gasteiger partial charge is 0.395 e. The molecule has 6 nitrogen and oxygen atoms in total. The number of β-amino-alcohol motifs (C(OH)–C–C–N with tert-alkyl or cyclic N) is 1. The van der Waals surface area contributed by atoms with E-state index in [2.05, 4.69) is 10.00 Å². The van der Waals surface area contributed by atoms with E-state index >= 15 is 0 Å². The summed E-state index contributed by atoms with van der Waals surface area (Å²) in [6.45, 7) is 6.04. The molecule has 0 aliphatic carbocycles. The first-order chi connectivity index (χ1) is 12.4. The number of para-hydroxylation sites is 1. The van der Waals surface area contributed by atoms with Gasteiger partial charge in [0.05, 0.1) is 6.61 Å². The molecular formula is C18H22F2N4O2. The number of nitrogens with zero attached hydrogens (tertiary/aromatic N) is 4. The van der Waals surface area contributed by atoms with Crippen LogP contribution < -0.4 is 0 Å². The number of aryl methyl sites for hydroxylation is 1. The zero-order valence-corrected chi connectivity index (χ0v) is 14.8. The minimum absolute atomic E-state index is 0.0794. The van der Waals surface area contributed by atoms with E-state index in [0.29, 0.717) is 31.7 Å². The Morgan fingerprint density at radius 3 is 2.62 bits per heavy atom. The van der Waals surface area contributed by atoms with Crippen molar-refractivity contribution in [3.63, 3.8) is 0 Å². The predicted octanol–water partition coefficient (Wildman–Crippen LogP) is 1.60. The SMILES string of the molecule is Cc1cn(-c2c(F)cccc2F)nc1C(=O)N1CCN(CCO)[C@H](C)C1. The number of aromatic nitrogens is 2. The lowest BCUT2D eigenvalue weighted by Crippen LogP contribution is -2.54. The number of rotatable bonds is 4. The molecule has 26 heavy (non-hydrogen) atoms. The van der Waals surface area contributed by atoms with Gasteiger partial charge in [0.15, 0.2) is 17.3 Å². The van der Waals surface area contributed by atoms with Crippen LogP contribution in [0.1, 0.15) is 23.0 Å². The van der Waals surface area contributed by atoms with E-state index < -0.39 is 11.6 Å². The summed E-state index contributed by atoms with van der Waals surface area (Å²) in [7, 11) is 0. The first kappa shape index (κ1) is 18.5. The van der Waals surface area contributed by atoms with Crippen LogP contribution in [-0.4, -0.2) is 69.4 Å². The number of carbonyl (C=O) groups is 1. The molecule has 2 aromatic rings. The van der Waals surface area contributed by atoms with E-state index in [-0.39, 0.29) is 29.9 Å². The lowest BCUT2D eigenvalue weighted by atomic mass is 10.1. The molecule has 0 radical (unpaired) electrons. The maximum Gasteiger partial charge on any atom is 0.274 e. The number of aliphatic hydroxyl groups excluding tert-OH is 1. The van der Waals surface area contributed by atoms with Gasteiger partial charge in [0, 0.05) is 44.0 Å². The summed E-state index contributed by atoms with van der Waals surface area (Å²) in [5, 5.41) is 13.2. The van der Waals surface area contributed by atoms with Gasteiger partial charge in [-0.05, 0) is 26.0 Å². The number of carbonyl (C=O) groups excluding carboxylic acids is 1. The first-order valence-electron chi connectivity index (χ1n) is 8.57. The minimum Gasteiger partial charge on any atom is -0.395 e. The van der Waals surface area contributed by atoms with Gasteiger partial charge in [-0.25, -0.2) is 13.5 Å². The monoisotopic (exact) mass is 364 g/mol. The number of hydrogen-bond acceptors (Lipinski definition) is 4. The number of halogens is 2. The van der Waals surface area contributed by atoms with Gasteiger partial charge in [-0.15, -0.1) is 0 Å². The van der Waals surface area contributed by atoms with Crippen LogP contribution in [0.5, 0.6) is 0 Å². The maximum absolute atomic E-state index is 14.0. The standard InChI is InChI=1S/C18H22F2N4O2/c1-12-10-24(17-14(19)4-3-5-15(17)20)21-16(12)18(26)23-7-6-22(8-9-25)13(2)11-23/h3-5,10,13,25H,6-9,11H2,1-2H3/t13-/m1/s1. The van der Waals surface area contributed by atoms with E-state index in [4.69, 9.17) is 5.11 Å². The molecular weight excluding hydrogens is 342 g/mol. The molecule has 1 N–H and O–H groups in total. The van der Waals surface area contributed by atoms with Crippen LogP contribution in [0.3, 0.4) is 0 Å². The fourth-order valence-corrected chi connectivity index (χ4v) is 3.28. The van der Waals surface area contributed by atoms with E-state index in [1.165, 1.54) is 12.3 Å². The van der Waals surface area contributed by atoms with Gasteiger partial charge in [-0.3, -0.25) is 9.69 Å². The molecule has 1 saturated heterocycles. The van der Waals surface area contributed by atoms with E-state index in [9.17, 15) is 13.6 Å². The molecule has 1 aromatic carbocycles. The summed E-state index contributed by atoms with van der Waals surface area (Å²) in [4.78, 5) is 16.6. The Morgan fingerprint density at radius 1 is 1.31 bits per heavy atom. The molecule has 1 atom stereocenters. The summed E-state index contributed by atoms with van der Waals surface area (Å²) < 4.78 is 29.0. The average Bonchev–Trinajstić information content (AvgIpc) is 2.97. The second-order valence-corrected chi connectivity index (χ2v) is 6.54. The van der Waals surface area contributed by atoms with Crippen molar-refractivity contribution < 1.29 is 18.7 Å². The van der Waals surface area contributed by atoms with Gasteiger partial charge >= 0.3 is 0 Å². The van der Waals surface area contributed by atoms with Crippen LogP contribution in [-0.2, 0) is 0 Å². The second-order valence-electron chi connectivity index (χ2n) is 6.54. The third-order valence-corrected chi connectivity index (χ3v) is 4.71. The fourth-order valence-electron chi connectivity index (χ4n) is 3.28. The van der Waals surface area contributed by atoms with Crippen LogP contribution in [0.2, 0.25) is 0 Å². The lowest BCUT2D eigenvalue weighted by Gasteiger charge is -2.39. The Bertz CT molecular complexity index is 788. The van der Waals surface area contributed by atoms with Gasteiger partial charge in [0.1, 0.15) is 5.69 Å². The van der Waals surface area contributed by atoms with Gasteiger partial charge in [0.25, 0.3) is 5.91 Å². The van der Waals surface area contributed by atoms with Crippen molar-refractivity contribution in [3.05, 3.63) is 47.3 Å². The van der Waals surface area contributed by atoms with Crippen molar-refractivity contribution >= 4 is 5.91 Å². The number of piperazine rings is 1. The van der Waals surface area contributed by atoms with Crippen LogP contribution in [0.4, 0.5) is 8.78 Å². The van der Waals surface area contributed by atoms with Crippen molar-refractivity contribution in [3.8, 4) is 5.69 Å². The number of hydrogen-bond donors (Lipinski definition) is 1. The highest BCUT2D eigenvalue weighted by molar-refractivity contribution is 5.93. The van der Waals surface area contributed by atoms with Crippen LogP contribution in [0.25, 0.3) is 5.69 Å². The van der Waals surface area contributed by atoms with Crippen molar-refractivity contribution in [2.24, 2.45) is 0 Å². The minimum atomic E-state index is -0.738. The second kappa shape index (κ2) is 7.51. The van der Waals surface area contributed by atoms with Gasteiger partial charge in [-0.2, -0.15) is 5.10 Å². The Labute approximate surface area is 150 Å². The van der Waals surface area contributed by atoms with Gasteiger partial charge < -0.3 is 10.0 Å². The average molecular weight is 364 g/mol. The summed E-state index contributed by atoms with van der Waals surface area (Å²) in [5.41, 5.74) is 0.453. The Morgan fingerprint density at radius 2 is 2.00 bits per heavy atom. The van der Waals surface area contributed by atoms with Gasteiger partial charge in [0.2, 0.25) is 0 Å². The van der Waals surface area contributed by atoms with E-state index in [1.54, 1.807) is 11.8 Å². The number of amides is 1. The lowest BCUT2D eigenvalue weighted by molar-refractivity contribution is 0.0464. The number of benzene rings is 1. The molecule has 2 heterocycles. The van der Waals surface area contributed by atoms with Crippen LogP contribution in [0.15, 0.2) is 24.4 Å². The zero-order chi connectivity index (χ0) is 18.8. The molecule has 0 unspecified atom stereocenters. The van der Waals surface area contributed by atoms with Crippen molar-refractivity contribution in [2.45, 2.75) is 19.9 Å². The topological polar surface area (TPSA) is 61.6 Å². The predicted molar refractivity (Wildman–Crippen MR) is 92.2 cm³/mol. The molecule has 0 spiro atoms. The molecule has 1 aliphatic rings. The molecule has 1 aliphatic heterocycles. The quantitative estimate of drug-likeness (QED) is 0.895. The molecule has 1 aromatic heterocycles. The van der Waals surface area contributed by atoms with Crippen molar-refractivity contribution in [1.82, 2.24) is 19.6 Å². The smallest absolute Gasteiger partial charge is 0.274 e. The normalized spacial score (nSPS) is 18.3. The highest BCUT2D eigenvalue weighted by atomic mass is 19.1. The molecule has 8 heteroatoms. The van der Waals surface area contributed by atoms with Crippen molar-refractivity contribution in [2.75, 3.05) is 32.8 Å². The Balaban J connectivity index is 1.83. The number of aliphatic hydroxyl groups is 1. The Hall–Kier alpha value is -2.32. The van der Waals surface area contributed by atoms with Crippen LogP contribution >= 0.6 is 0 Å². The summed E-state index contributed by atoms with van der Waals surface area (Å²) >= 11 is 0. The van der Waals surface area contributed by atoms with Crippen molar-refractivity contribution in [1.29, 1.82) is 0 Å². The molecule has 3 rings (SSSR count). The highest BCUT2D eigenvalue weighted by Crippen LogP contribution is 2.20. The van der Waals surface area contributed by atoms with Gasteiger partial charge in [-0.1, -0.05) is 6.07 Å².